The zero-order chi connectivity index (χ0) is 21.1. The van der Waals surface area contributed by atoms with Crippen molar-refractivity contribution in [3.63, 3.8) is 0 Å². The molecule has 1 aliphatic carbocycles. The van der Waals surface area contributed by atoms with Gasteiger partial charge in [0.2, 0.25) is 15.9 Å². The molecule has 0 spiro atoms. The van der Waals surface area contributed by atoms with Crippen LogP contribution in [-0.4, -0.2) is 62.8 Å². The molecule has 1 aromatic carbocycles. The van der Waals surface area contributed by atoms with E-state index < -0.39 is 15.8 Å². The molecule has 0 unspecified atom stereocenters. The molecule has 0 aromatic heterocycles. The minimum absolute atomic E-state index is 0.0146. The quantitative estimate of drug-likeness (QED) is 0.729. The number of hydrogen-bond acceptors (Lipinski definition) is 4. The average Bonchev–Trinajstić information content (AvgIpc) is 3.17. The predicted molar refractivity (Wildman–Crippen MR) is 110 cm³/mol. The number of carbonyl (C=O) groups is 1. The molecule has 1 N–H and O–H groups in total. The number of benzene rings is 1. The van der Waals surface area contributed by atoms with Crippen molar-refractivity contribution in [3.05, 3.63) is 30.1 Å². The van der Waals surface area contributed by atoms with Gasteiger partial charge in [0.1, 0.15) is 5.82 Å². The highest BCUT2D eigenvalue weighted by molar-refractivity contribution is 7.89. The lowest BCUT2D eigenvalue weighted by Crippen LogP contribution is -2.51. The average molecular weight is 426 g/mol. The topological polar surface area (TPSA) is 69.7 Å². The Morgan fingerprint density at radius 3 is 2.48 bits per heavy atom. The van der Waals surface area contributed by atoms with Crippen LogP contribution < -0.4 is 5.32 Å². The molecule has 2 aliphatic rings. The van der Waals surface area contributed by atoms with E-state index in [9.17, 15) is 17.6 Å². The number of hydrogen-bond donors (Lipinski definition) is 1. The molecular formula is C21H32FN3O3S. The molecule has 1 heterocycles. The molecule has 0 atom stereocenters. The number of rotatable bonds is 7. The third kappa shape index (κ3) is 5.16. The van der Waals surface area contributed by atoms with Crippen LogP contribution in [0.15, 0.2) is 29.2 Å². The molecule has 3 rings (SSSR count). The number of nitrogens with zero attached hydrogens (tertiary/aromatic N) is 2. The molecule has 1 saturated heterocycles. The van der Waals surface area contributed by atoms with Gasteiger partial charge in [0.25, 0.3) is 0 Å². The predicted octanol–water partition coefficient (Wildman–Crippen LogP) is 2.61. The minimum atomic E-state index is -3.69. The van der Waals surface area contributed by atoms with Crippen LogP contribution in [0.2, 0.25) is 0 Å². The maximum atomic E-state index is 13.4. The molecule has 0 radical (unpaired) electrons. The van der Waals surface area contributed by atoms with Crippen molar-refractivity contribution < 1.29 is 17.6 Å². The van der Waals surface area contributed by atoms with E-state index in [1.807, 2.05) is 0 Å². The molecule has 6 nitrogen and oxygen atoms in total. The van der Waals surface area contributed by atoms with Gasteiger partial charge in [0.15, 0.2) is 0 Å². The molecule has 1 aliphatic heterocycles. The summed E-state index contributed by atoms with van der Waals surface area (Å²) in [6, 6.07) is 5.11. The maximum absolute atomic E-state index is 13.4. The number of halogens is 1. The second-order valence-corrected chi connectivity index (χ2v) is 10.5. The van der Waals surface area contributed by atoms with Gasteiger partial charge < -0.3 is 10.2 Å². The number of nitrogens with one attached hydrogen (secondary N) is 1. The molecule has 0 bridgehead atoms. The maximum Gasteiger partial charge on any atom is 0.243 e. The monoisotopic (exact) mass is 425 g/mol. The Kier molecular flexibility index (Phi) is 6.96. The van der Waals surface area contributed by atoms with Gasteiger partial charge in [-0.05, 0) is 63.9 Å². The summed E-state index contributed by atoms with van der Waals surface area (Å²) in [5.41, 5.74) is 0.0675. The van der Waals surface area contributed by atoms with Crippen LogP contribution in [0.3, 0.4) is 0 Å². The van der Waals surface area contributed by atoms with E-state index in [0.717, 1.165) is 18.9 Å². The molecule has 8 heteroatoms. The SMILES string of the molecule is CN(C)C1(CNC(=O)CC2CCN(S(=O)(=O)c3cccc(F)c3)CC2)CCCC1. The number of piperidine rings is 1. The van der Waals surface area contributed by atoms with E-state index in [4.69, 9.17) is 0 Å². The van der Waals surface area contributed by atoms with Crippen LogP contribution >= 0.6 is 0 Å². The van der Waals surface area contributed by atoms with E-state index >= 15 is 0 Å². The Bertz CT molecular complexity index is 814. The lowest BCUT2D eigenvalue weighted by molar-refractivity contribution is -0.122. The normalized spacial score (nSPS) is 20.8. The highest BCUT2D eigenvalue weighted by Crippen LogP contribution is 2.33. The van der Waals surface area contributed by atoms with Crippen molar-refractivity contribution in [2.24, 2.45) is 5.92 Å². The lowest BCUT2D eigenvalue weighted by Gasteiger charge is -2.37. The van der Waals surface area contributed by atoms with Crippen molar-refractivity contribution in [1.29, 1.82) is 0 Å². The number of carbonyl (C=O) groups excluding carboxylic acids is 1. The molecule has 162 valence electrons. The van der Waals surface area contributed by atoms with Crippen LogP contribution in [-0.2, 0) is 14.8 Å². The third-order valence-electron chi connectivity index (χ3n) is 6.58. The molecule has 1 aromatic rings. The zero-order valence-electron chi connectivity index (χ0n) is 17.4. The van der Waals surface area contributed by atoms with Gasteiger partial charge in [-0.15, -0.1) is 0 Å². The van der Waals surface area contributed by atoms with Gasteiger partial charge in [-0.3, -0.25) is 4.79 Å². The Morgan fingerprint density at radius 2 is 1.90 bits per heavy atom. The van der Waals surface area contributed by atoms with Gasteiger partial charge in [0, 0.05) is 31.6 Å². The van der Waals surface area contributed by atoms with Crippen molar-refractivity contribution in [3.8, 4) is 0 Å². The van der Waals surface area contributed by atoms with Crippen molar-refractivity contribution in [1.82, 2.24) is 14.5 Å². The molecule has 29 heavy (non-hydrogen) atoms. The first kappa shape index (κ1) is 22.2. The highest BCUT2D eigenvalue weighted by Gasteiger charge is 2.36. The van der Waals surface area contributed by atoms with E-state index in [0.29, 0.717) is 38.9 Å². The van der Waals surface area contributed by atoms with E-state index in [-0.39, 0.29) is 22.3 Å². The molecule has 1 saturated carbocycles. The van der Waals surface area contributed by atoms with E-state index in [2.05, 4.69) is 24.3 Å². The van der Waals surface area contributed by atoms with Gasteiger partial charge in [-0.25, -0.2) is 12.8 Å². The summed E-state index contributed by atoms with van der Waals surface area (Å²) in [4.78, 5) is 14.7. The van der Waals surface area contributed by atoms with Crippen molar-refractivity contribution in [2.45, 2.75) is 55.4 Å². The van der Waals surface area contributed by atoms with Crippen LogP contribution in [0.1, 0.15) is 44.9 Å². The minimum Gasteiger partial charge on any atom is -0.354 e. The highest BCUT2D eigenvalue weighted by atomic mass is 32.2. The summed E-state index contributed by atoms with van der Waals surface area (Å²) in [5.74, 6) is -0.340. The second-order valence-electron chi connectivity index (χ2n) is 8.61. The summed E-state index contributed by atoms with van der Waals surface area (Å²) in [6.45, 7) is 1.39. The fourth-order valence-corrected chi connectivity index (χ4v) is 6.04. The van der Waals surface area contributed by atoms with Crippen LogP contribution in [0.4, 0.5) is 4.39 Å². The second kappa shape index (κ2) is 9.10. The summed E-state index contributed by atoms with van der Waals surface area (Å²) in [6.07, 6.45) is 6.32. The van der Waals surface area contributed by atoms with E-state index in [1.54, 1.807) is 0 Å². The Labute approximate surface area is 173 Å². The fraction of sp³-hybridized carbons (Fsp3) is 0.667. The molecular weight excluding hydrogens is 393 g/mol. The fourth-order valence-electron chi connectivity index (χ4n) is 4.54. The third-order valence-corrected chi connectivity index (χ3v) is 8.47. The summed E-state index contributed by atoms with van der Waals surface area (Å²) < 4.78 is 40.2. The Morgan fingerprint density at radius 1 is 1.24 bits per heavy atom. The van der Waals surface area contributed by atoms with Crippen LogP contribution in [0, 0.1) is 11.7 Å². The molecule has 2 fully saturated rings. The zero-order valence-corrected chi connectivity index (χ0v) is 18.2. The van der Waals surface area contributed by atoms with Crippen LogP contribution in [0.25, 0.3) is 0 Å². The number of likely N-dealkylation sites (N-methyl/N-ethyl adjacent to an activating group) is 1. The van der Waals surface area contributed by atoms with E-state index in [1.165, 1.54) is 35.3 Å². The van der Waals surface area contributed by atoms with Crippen molar-refractivity contribution in [2.75, 3.05) is 33.7 Å². The Balaban J connectivity index is 1.49. The number of amides is 1. The Hall–Kier alpha value is -1.51. The first-order chi connectivity index (χ1) is 13.7. The largest absolute Gasteiger partial charge is 0.354 e. The summed E-state index contributed by atoms with van der Waals surface area (Å²) in [5, 5.41) is 3.11. The van der Waals surface area contributed by atoms with Gasteiger partial charge in [-0.1, -0.05) is 18.9 Å². The standard InChI is InChI=1S/C21H32FN3O3S/c1-24(2)21(10-3-4-11-21)16-23-20(26)14-17-8-12-25(13-9-17)29(27,28)19-7-5-6-18(22)15-19/h5-7,15,17H,3-4,8-14,16H2,1-2H3,(H,23,26). The van der Waals surface area contributed by atoms with Gasteiger partial charge >= 0.3 is 0 Å². The molecule has 1 amide bonds. The first-order valence-corrected chi connectivity index (χ1v) is 11.9. The van der Waals surface area contributed by atoms with Gasteiger partial charge in [-0.2, -0.15) is 4.31 Å². The van der Waals surface area contributed by atoms with Crippen molar-refractivity contribution >= 4 is 15.9 Å². The van der Waals surface area contributed by atoms with Crippen LogP contribution in [0.5, 0.6) is 0 Å². The smallest absolute Gasteiger partial charge is 0.243 e. The van der Waals surface area contributed by atoms with Gasteiger partial charge in [0.05, 0.1) is 4.90 Å². The summed E-state index contributed by atoms with van der Waals surface area (Å²) >= 11 is 0. The number of sulfonamides is 1. The lowest BCUT2D eigenvalue weighted by atomic mass is 9.93. The summed E-state index contributed by atoms with van der Waals surface area (Å²) in [7, 11) is 0.463. The first-order valence-electron chi connectivity index (χ1n) is 10.4.